The van der Waals surface area contributed by atoms with Crippen molar-refractivity contribution >= 4 is 22.2 Å². The number of aliphatic hydroxyl groups is 1. The number of nitrogens with two attached hydrogens (primary N) is 1. The average molecular weight is 524 g/mol. The zero-order valence-electron chi connectivity index (χ0n) is 19.8. The van der Waals surface area contributed by atoms with Crippen LogP contribution in [0.4, 0.5) is 9.59 Å². The van der Waals surface area contributed by atoms with Gasteiger partial charge in [0.15, 0.2) is 11.5 Å². The van der Waals surface area contributed by atoms with Gasteiger partial charge in [0, 0.05) is 19.2 Å². The van der Waals surface area contributed by atoms with Crippen molar-refractivity contribution in [3.05, 3.63) is 48.0 Å². The van der Waals surface area contributed by atoms with Gasteiger partial charge in [-0.05, 0) is 42.2 Å². The fourth-order valence-corrected chi connectivity index (χ4v) is 5.34. The number of nitrogens with zero attached hydrogens (tertiary/aromatic N) is 1. The first-order chi connectivity index (χ1) is 17.0. The lowest BCUT2D eigenvalue weighted by atomic mass is 10.0. The van der Waals surface area contributed by atoms with E-state index in [-0.39, 0.29) is 42.9 Å². The maximum atomic E-state index is 13.5. The summed E-state index contributed by atoms with van der Waals surface area (Å²) in [5.74, 6) is 0.856. The molecule has 0 saturated carbocycles. The maximum absolute atomic E-state index is 13.5. The first kappa shape index (κ1) is 27.0. The van der Waals surface area contributed by atoms with Crippen LogP contribution in [0.2, 0.25) is 0 Å². The summed E-state index contributed by atoms with van der Waals surface area (Å²) in [5.41, 5.74) is 5.60. The Morgan fingerprint density at radius 2 is 1.78 bits per heavy atom. The molecule has 0 fully saturated rings. The highest BCUT2D eigenvalue weighted by Gasteiger charge is 2.32. The van der Waals surface area contributed by atoms with Crippen LogP contribution in [0.15, 0.2) is 47.4 Å². The van der Waals surface area contributed by atoms with Gasteiger partial charge in [-0.1, -0.05) is 26.0 Å². The quantitative estimate of drug-likeness (QED) is 0.341. The highest BCUT2D eigenvalue weighted by molar-refractivity contribution is 7.89. The lowest BCUT2D eigenvalue weighted by Crippen LogP contribution is -2.50. The minimum Gasteiger partial charge on any atom is -0.465 e. The van der Waals surface area contributed by atoms with Crippen molar-refractivity contribution in [2.45, 2.75) is 37.3 Å². The van der Waals surface area contributed by atoms with Gasteiger partial charge >= 0.3 is 12.2 Å². The van der Waals surface area contributed by atoms with E-state index >= 15 is 0 Å². The average Bonchev–Trinajstić information content (AvgIpc) is 3.26. The van der Waals surface area contributed by atoms with Gasteiger partial charge in [0.1, 0.15) is 5.75 Å². The maximum Gasteiger partial charge on any atom is 0.409 e. The number of carboxylic acid groups (broad SMARTS) is 1. The van der Waals surface area contributed by atoms with Crippen LogP contribution in [0.3, 0.4) is 0 Å². The molecule has 1 aliphatic rings. The lowest BCUT2D eigenvalue weighted by Gasteiger charge is -2.30. The molecule has 5 N–H and O–H groups in total. The second-order valence-electron chi connectivity index (χ2n) is 8.62. The number of nitrogens with one attached hydrogen (secondary N) is 1. The number of benzene rings is 2. The summed E-state index contributed by atoms with van der Waals surface area (Å²) in [6.07, 6.45) is -3.69. The number of fused-ring (bicyclic) bond motifs is 1. The minimum absolute atomic E-state index is 0.00850. The second-order valence-corrected chi connectivity index (χ2v) is 10.6. The number of ether oxygens (including phenoxy) is 3. The lowest BCUT2D eigenvalue weighted by molar-refractivity contribution is 0.0980. The molecule has 13 heteroatoms. The van der Waals surface area contributed by atoms with Crippen molar-refractivity contribution < 1.29 is 42.4 Å². The highest BCUT2D eigenvalue weighted by Crippen LogP contribution is 2.34. The van der Waals surface area contributed by atoms with Crippen LogP contribution in [-0.4, -0.2) is 67.2 Å². The van der Waals surface area contributed by atoms with Crippen LogP contribution in [0.25, 0.3) is 0 Å². The second kappa shape index (κ2) is 11.5. The van der Waals surface area contributed by atoms with E-state index < -0.39 is 34.4 Å². The highest BCUT2D eigenvalue weighted by atomic mass is 32.2. The molecule has 0 unspecified atom stereocenters. The molecule has 3 rings (SSSR count). The number of primary amides is 1. The van der Waals surface area contributed by atoms with E-state index in [0.29, 0.717) is 17.1 Å². The molecule has 0 aromatic heterocycles. The Hall–Kier alpha value is -3.55. The molecule has 0 aliphatic carbocycles. The molecule has 0 saturated heterocycles. The minimum atomic E-state index is -4.06. The van der Waals surface area contributed by atoms with E-state index in [9.17, 15) is 28.2 Å². The first-order valence-electron chi connectivity index (χ1n) is 11.1. The Bertz CT molecular complexity index is 1190. The van der Waals surface area contributed by atoms with Gasteiger partial charge in [0.25, 0.3) is 0 Å². The number of carbonyl (C=O) groups is 2. The van der Waals surface area contributed by atoms with Crippen molar-refractivity contribution in [2.24, 2.45) is 11.7 Å². The van der Waals surface area contributed by atoms with E-state index in [1.807, 2.05) is 13.8 Å². The molecule has 2 aromatic rings. The predicted octanol–water partition coefficient (Wildman–Crippen LogP) is 1.76. The molecule has 1 heterocycles. The molecular weight excluding hydrogens is 494 g/mol. The number of amides is 2. The smallest absolute Gasteiger partial charge is 0.409 e. The summed E-state index contributed by atoms with van der Waals surface area (Å²) < 4.78 is 43.4. The molecule has 2 atom stereocenters. The molecule has 0 radical (unpaired) electrons. The number of sulfonamides is 1. The largest absolute Gasteiger partial charge is 0.465 e. The molecule has 0 spiro atoms. The molecule has 1 aliphatic heterocycles. The Balaban J connectivity index is 1.81. The number of aliphatic hydroxyl groups excluding tert-OH is 1. The Morgan fingerprint density at radius 3 is 2.39 bits per heavy atom. The molecule has 0 bridgehead atoms. The van der Waals surface area contributed by atoms with Gasteiger partial charge < -0.3 is 35.5 Å². The zero-order valence-corrected chi connectivity index (χ0v) is 20.6. The summed E-state index contributed by atoms with van der Waals surface area (Å²) in [7, 11) is -4.06. The fourth-order valence-electron chi connectivity index (χ4n) is 3.71. The Kier molecular flexibility index (Phi) is 8.61. The van der Waals surface area contributed by atoms with Crippen LogP contribution < -0.4 is 25.3 Å². The van der Waals surface area contributed by atoms with Gasteiger partial charge in [0.05, 0.1) is 17.0 Å². The van der Waals surface area contributed by atoms with Gasteiger partial charge in [0.2, 0.25) is 16.8 Å². The molecule has 36 heavy (non-hydrogen) atoms. The normalized spacial score (nSPS) is 14.5. The van der Waals surface area contributed by atoms with E-state index in [1.54, 1.807) is 12.1 Å². The molecular formula is C23H29N3O9S. The summed E-state index contributed by atoms with van der Waals surface area (Å²) in [5, 5.41) is 22.6. The van der Waals surface area contributed by atoms with Crippen LogP contribution >= 0.6 is 0 Å². The molecule has 12 nitrogen and oxygen atoms in total. The third-order valence-electron chi connectivity index (χ3n) is 5.31. The summed E-state index contributed by atoms with van der Waals surface area (Å²) in [4.78, 5) is 22.3. The molecule has 196 valence electrons. The van der Waals surface area contributed by atoms with Gasteiger partial charge in [-0.25, -0.2) is 18.0 Å². The molecule has 2 aromatic carbocycles. The standard InChI is InChI=1S/C23H29N3O9S/c1-14(2)11-26(36(31,32)17-7-8-20-21(10-17)34-13-33-20)12-19(27)18(25-23(29)30)9-15-3-5-16(6-4-15)35-22(24)28/h3-8,10,14,18-19,25,27H,9,11-13H2,1-2H3,(H2,24,28)(H,29,30)/t18-,19+/m0/s1. The third kappa shape index (κ3) is 6.99. The van der Waals surface area contributed by atoms with Crippen LogP contribution in [0.1, 0.15) is 19.4 Å². The number of rotatable bonds is 11. The summed E-state index contributed by atoms with van der Waals surface area (Å²) >= 11 is 0. The van der Waals surface area contributed by atoms with Crippen molar-refractivity contribution in [1.29, 1.82) is 0 Å². The monoisotopic (exact) mass is 523 g/mol. The van der Waals surface area contributed by atoms with Gasteiger partial charge in [-0.2, -0.15) is 4.31 Å². The van der Waals surface area contributed by atoms with Crippen molar-refractivity contribution in [3.8, 4) is 17.2 Å². The number of hydrogen-bond acceptors (Lipinski definition) is 8. The fraction of sp³-hybridized carbons (Fsp3) is 0.391. The Labute approximate surface area is 208 Å². The van der Waals surface area contributed by atoms with E-state index in [2.05, 4.69) is 5.32 Å². The van der Waals surface area contributed by atoms with E-state index in [0.717, 1.165) is 4.31 Å². The zero-order chi connectivity index (χ0) is 26.5. The predicted molar refractivity (Wildman–Crippen MR) is 127 cm³/mol. The SMILES string of the molecule is CC(C)CN(C[C@@H](O)[C@H](Cc1ccc(OC(N)=O)cc1)NC(=O)O)S(=O)(=O)c1ccc2c(c1)OCO2. The van der Waals surface area contributed by atoms with Gasteiger partial charge in [-0.3, -0.25) is 0 Å². The van der Waals surface area contributed by atoms with Gasteiger partial charge in [-0.15, -0.1) is 0 Å². The van der Waals surface area contributed by atoms with E-state index in [1.165, 1.54) is 30.3 Å². The number of carbonyl (C=O) groups excluding carboxylic acids is 1. The first-order valence-corrected chi connectivity index (χ1v) is 12.5. The number of hydrogen-bond donors (Lipinski definition) is 4. The van der Waals surface area contributed by atoms with E-state index in [4.69, 9.17) is 19.9 Å². The molecule has 2 amide bonds. The van der Waals surface area contributed by atoms with Crippen molar-refractivity contribution in [2.75, 3.05) is 19.9 Å². The van der Waals surface area contributed by atoms with Crippen molar-refractivity contribution in [1.82, 2.24) is 9.62 Å². The van der Waals surface area contributed by atoms with Crippen molar-refractivity contribution in [3.63, 3.8) is 0 Å². The van der Waals surface area contributed by atoms with Crippen LogP contribution in [0.5, 0.6) is 17.2 Å². The van der Waals surface area contributed by atoms with Crippen LogP contribution in [0, 0.1) is 5.92 Å². The van der Waals surface area contributed by atoms with Crippen LogP contribution in [-0.2, 0) is 16.4 Å². The topological polar surface area (TPSA) is 178 Å². The summed E-state index contributed by atoms with van der Waals surface area (Å²) in [6.45, 7) is 3.38. The third-order valence-corrected chi connectivity index (χ3v) is 7.14. The summed E-state index contributed by atoms with van der Waals surface area (Å²) in [6, 6.07) is 9.32. The Morgan fingerprint density at radius 1 is 1.11 bits per heavy atom.